The fourth-order valence-corrected chi connectivity index (χ4v) is 4.90. The highest BCUT2D eigenvalue weighted by molar-refractivity contribution is 7.92. The smallest absolute Gasteiger partial charge is 0.271 e. The van der Waals surface area contributed by atoms with Crippen molar-refractivity contribution in [2.24, 2.45) is 0 Å². The highest BCUT2D eigenvalue weighted by atomic mass is 32.2. The monoisotopic (exact) mass is 550 g/mol. The predicted octanol–water partition coefficient (Wildman–Crippen LogP) is 1.91. The van der Waals surface area contributed by atoms with Crippen molar-refractivity contribution >= 4 is 49.0 Å². The zero-order valence-corrected chi connectivity index (χ0v) is 21.4. The Morgan fingerprint density at radius 2 is 1.78 bits per heavy atom. The molecule has 3 aromatic rings. The molecule has 0 spiro atoms. The molecular formula is C21H22N6O8S2. The van der Waals surface area contributed by atoms with Crippen LogP contribution in [0.4, 0.5) is 23.0 Å². The summed E-state index contributed by atoms with van der Waals surface area (Å²) >= 11 is 0. The lowest BCUT2D eigenvalue weighted by Crippen LogP contribution is -2.37. The van der Waals surface area contributed by atoms with E-state index in [1.807, 2.05) is 0 Å². The molecule has 196 valence electrons. The third kappa shape index (κ3) is 6.89. The summed E-state index contributed by atoms with van der Waals surface area (Å²) in [6.45, 7) is 0.944. The van der Waals surface area contributed by atoms with Crippen LogP contribution in [0.1, 0.15) is 5.69 Å². The lowest BCUT2D eigenvalue weighted by atomic mass is 10.2. The summed E-state index contributed by atoms with van der Waals surface area (Å²) in [7, 11) is -6.83. The van der Waals surface area contributed by atoms with Crippen LogP contribution < -0.4 is 19.1 Å². The van der Waals surface area contributed by atoms with Crippen molar-refractivity contribution in [1.29, 1.82) is 0 Å². The summed E-state index contributed by atoms with van der Waals surface area (Å²) in [5.41, 5.74) is 0.151. The van der Waals surface area contributed by atoms with Gasteiger partial charge in [0, 0.05) is 29.7 Å². The van der Waals surface area contributed by atoms with Crippen LogP contribution in [0.2, 0.25) is 0 Å². The Kier molecular flexibility index (Phi) is 7.93. The number of ether oxygens (including phenoxy) is 1. The fourth-order valence-electron chi connectivity index (χ4n) is 3.09. The molecule has 3 rings (SSSR count). The van der Waals surface area contributed by atoms with Crippen LogP contribution in [-0.2, 0) is 24.8 Å². The molecule has 0 radical (unpaired) electrons. The van der Waals surface area contributed by atoms with E-state index in [2.05, 4.69) is 20.0 Å². The first kappa shape index (κ1) is 27.3. The molecule has 2 N–H and O–H groups in total. The van der Waals surface area contributed by atoms with Gasteiger partial charge in [-0.15, -0.1) is 0 Å². The Morgan fingerprint density at radius 3 is 2.35 bits per heavy atom. The van der Waals surface area contributed by atoms with Gasteiger partial charge in [0.05, 0.1) is 23.2 Å². The summed E-state index contributed by atoms with van der Waals surface area (Å²) in [5, 5.41) is 13.6. The zero-order valence-electron chi connectivity index (χ0n) is 19.8. The van der Waals surface area contributed by atoms with E-state index in [1.54, 1.807) is 13.0 Å². The first-order chi connectivity index (χ1) is 17.3. The van der Waals surface area contributed by atoms with Crippen LogP contribution in [0.3, 0.4) is 0 Å². The quantitative estimate of drug-likeness (QED) is 0.278. The van der Waals surface area contributed by atoms with Gasteiger partial charge in [-0.3, -0.25) is 19.2 Å². The third-order valence-electron chi connectivity index (χ3n) is 4.80. The van der Waals surface area contributed by atoms with Crippen LogP contribution in [0.25, 0.3) is 0 Å². The van der Waals surface area contributed by atoms with E-state index < -0.39 is 43.1 Å². The van der Waals surface area contributed by atoms with Crippen molar-refractivity contribution in [3.05, 3.63) is 70.5 Å². The van der Waals surface area contributed by atoms with Gasteiger partial charge in [0.15, 0.2) is 0 Å². The number of nitrogens with zero attached hydrogens (tertiary/aromatic N) is 4. The van der Waals surface area contributed by atoms with Crippen molar-refractivity contribution in [2.45, 2.75) is 11.8 Å². The van der Waals surface area contributed by atoms with E-state index in [9.17, 15) is 31.7 Å². The first-order valence-corrected chi connectivity index (χ1v) is 13.7. The molecule has 0 aliphatic carbocycles. The van der Waals surface area contributed by atoms with Gasteiger partial charge >= 0.3 is 0 Å². The number of aryl methyl sites for hydroxylation is 1. The average molecular weight is 551 g/mol. The summed E-state index contributed by atoms with van der Waals surface area (Å²) < 4.78 is 58.1. The second-order valence-corrected chi connectivity index (χ2v) is 11.2. The minimum atomic E-state index is -4.07. The van der Waals surface area contributed by atoms with Gasteiger partial charge in [0.2, 0.25) is 21.9 Å². The van der Waals surface area contributed by atoms with Crippen LogP contribution in [0, 0.1) is 17.0 Å². The molecule has 1 aromatic heterocycles. The molecule has 16 heteroatoms. The molecule has 0 saturated heterocycles. The number of benzene rings is 2. The van der Waals surface area contributed by atoms with Gasteiger partial charge in [-0.1, -0.05) is 0 Å². The van der Waals surface area contributed by atoms with E-state index >= 15 is 0 Å². The Labute approximate surface area is 212 Å². The molecule has 14 nitrogen and oxygen atoms in total. The topological polar surface area (TPSA) is 191 Å². The van der Waals surface area contributed by atoms with Gasteiger partial charge < -0.3 is 10.1 Å². The zero-order chi connectivity index (χ0) is 27.4. The largest absolute Gasteiger partial charge is 0.495 e. The third-order valence-corrected chi connectivity index (χ3v) is 7.27. The van der Waals surface area contributed by atoms with Crippen molar-refractivity contribution in [3.8, 4) is 5.75 Å². The highest BCUT2D eigenvalue weighted by Crippen LogP contribution is 2.33. The summed E-state index contributed by atoms with van der Waals surface area (Å²) in [4.78, 5) is 30.8. The Morgan fingerprint density at radius 1 is 1.11 bits per heavy atom. The van der Waals surface area contributed by atoms with Gasteiger partial charge in [0.1, 0.15) is 18.0 Å². The number of aromatic nitrogens is 2. The number of carbonyl (C=O) groups excluding carboxylic acids is 1. The Balaban J connectivity index is 1.79. The number of nitrogens with one attached hydrogen (secondary N) is 2. The lowest BCUT2D eigenvalue weighted by molar-refractivity contribution is -0.384. The number of methoxy groups -OCH3 is 1. The SMILES string of the molecule is COc1ccc([N+](=O)[O-])cc1N(CC(=O)Nc1ccc(S(=O)(=O)Nc2nccc(C)n2)cc1)S(C)(=O)=O. The number of carbonyl (C=O) groups is 1. The van der Waals surface area contributed by atoms with Gasteiger partial charge in [0.25, 0.3) is 15.7 Å². The van der Waals surface area contributed by atoms with E-state index in [1.165, 1.54) is 43.6 Å². The van der Waals surface area contributed by atoms with Crippen LogP contribution in [0.15, 0.2) is 59.6 Å². The molecule has 0 saturated carbocycles. The Hall–Kier alpha value is -4.31. The maximum absolute atomic E-state index is 12.7. The number of hydrogen-bond acceptors (Lipinski definition) is 10. The van der Waals surface area contributed by atoms with Crippen molar-refractivity contribution in [3.63, 3.8) is 0 Å². The van der Waals surface area contributed by atoms with Crippen molar-refractivity contribution < 1.29 is 31.3 Å². The fraction of sp³-hybridized carbons (Fsp3) is 0.190. The number of non-ortho nitro benzene ring substituents is 1. The van der Waals surface area contributed by atoms with Gasteiger partial charge in [-0.2, -0.15) is 0 Å². The maximum atomic E-state index is 12.7. The van der Waals surface area contributed by atoms with E-state index in [0.717, 1.165) is 18.4 Å². The molecule has 1 heterocycles. The van der Waals surface area contributed by atoms with Gasteiger partial charge in [-0.05, 0) is 43.3 Å². The number of amides is 1. The van der Waals surface area contributed by atoms with Crippen molar-refractivity contribution in [2.75, 3.05) is 34.3 Å². The summed E-state index contributed by atoms with van der Waals surface area (Å²) in [6, 6.07) is 10.0. The maximum Gasteiger partial charge on any atom is 0.271 e. The van der Waals surface area contributed by atoms with Crippen LogP contribution in [-0.4, -0.2) is 57.5 Å². The normalized spacial score (nSPS) is 11.4. The molecule has 0 fully saturated rings. The molecule has 37 heavy (non-hydrogen) atoms. The number of hydrogen-bond donors (Lipinski definition) is 2. The minimum Gasteiger partial charge on any atom is -0.495 e. The summed E-state index contributed by atoms with van der Waals surface area (Å²) in [5.74, 6) is -0.890. The molecule has 0 bridgehead atoms. The molecule has 1 amide bonds. The number of rotatable bonds is 10. The molecule has 0 atom stereocenters. The molecule has 0 aliphatic rings. The van der Waals surface area contributed by atoms with E-state index in [-0.39, 0.29) is 28.0 Å². The lowest BCUT2D eigenvalue weighted by Gasteiger charge is -2.23. The van der Waals surface area contributed by atoms with Crippen LogP contribution >= 0.6 is 0 Å². The van der Waals surface area contributed by atoms with Crippen LogP contribution in [0.5, 0.6) is 5.75 Å². The van der Waals surface area contributed by atoms with E-state index in [0.29, 0.717) is 10.00 Å². The van der Waals surface area contributed by atoms with E-state index in [4.69, 9.17) is 4.74 Å². The van der Waals surface area contributed by atoms with Gasteiger partial charge in [-0.25, -0.2) is 31.5 Å². The summed E-state index contributed by atoms with van der Waals surface area (Å²) in [6.07, 6.45) is 2.24. The molecule has 2 aromatic carbocycles. The first-order valence-electron chi connectivity index (χ1n) is 10.3. The standard InChI is InChI=1S/C21H22N6O8S2/c1-14-10-11-22-21(23-14)25-37(33,34)17-7-4-15(5-8-17)24-20(28)13-26(36(3,31)32)18-12-16(27(29)30)6-9-19(18)35-2/h4-12H,13H2,1-3H3,(H,24,28)(H,22,23,25). The minimum absolute atomic E-state index is 0.00322. The number of nitro benzene ring substituents is 1. The Bertz CT molecular complexity index is 1540. The number of nitro groups is 1. The second-order valence-electron chi connectivity index (χ2n) is 7.58. The molecular weight excluding hydrogens is 528 g/mol. The second kappa shape index (κ2) is 10.8. The number of sulfonamides is 2. The number of anilines is 3. The molecule has 0 unspecified atom stereocenters. The average Bonchev–Trinajstić information content (AvgIpc) is 2.81. The predicted molar refractivity (Wildman–Crippen MR) is 134 cm³/mol. The molecule has 0 aliphatic heterocycles. The highest BCUT2D eigenvalue weighted by Gasteiger charge is 2.26. The van der Waals surface area contributed by atoms with Crippen molar-refractivity contribution in [1.82, 2.24) is 9.97 Å².